The topological polar surface area (TPSA) is 74.7 Å². The van der Waals surface area contributed by atoms with Crippen molar-refractivity contribution in [2.75, 3.05) is 6.54 Å². The number of hydrogen-bond donors (Lipinski definition) is 1. The van der Waals surface area contributed by atoms with Crippen molar-refractivity contribution in [3.8, 4) is 0 Å². The van der Waals surface area contributed by atoms with Crippen LogP contribution in [0.15, 0.2) is 30.3 Å². The van der Waals surface area contributed by atoms with Crippen LogP contribution < -0.4 is 0 Å². The van der Waals surface area contributed by atoms with E-state index in [1.54, 1.807) is 30.3 Å². The average molecular weight is 287 g/mol. The molecule has 110 valence electrons. The minimum Gasteiger partial charge on any atom is -0.481 e. The molecule has 1 N–H and O–H groups in total. The first-order valence-corrected chi connectivity index (χ1v) is 7.21. The molecule has 2 amide bonds. The van der Waals surface area contributed by atoms with Gasteiger partial charge in [-0.2, -0.15) is 0 Å². The Balaban J connectivity index is 1.84. The number of aliphatic carboxylic acids is 1. The maximum Gasteiger partial charge on any atom is 0.312 e. The Kier molecular flexibility index (Phi) is 3.49. The molecule has 1 saturated carbocycles. The fourth-order valence-corrected chi connectivity index (χ4v) is 3.35. The highest BCUT2D eigenvalue weighted by Gasteiger charge is 2.46. The van der Waals surface area contributed by atoms with E-state index in [2.05, 4.69) is 0 Å². The van der Waals surface area contributed by atoms with Crippen LogP contribution in [0.2, 0.25) is 0 Å². The van der Waals surface area contributed by atoms with E-state index in [0.717, 1.165) is 12.8 Å². The number of benzene rings is 1. The van der Waals surface area contributed by atoms with Gasteiger partial charge in [0.2, 0.25) is 11.8 Å². The first kappa shape index (κ1) is 13.8. The van der Waals surface area contributed by atoms with Gasteiger partial charge >= 0.3 is 5.97 Å². The first-order chi connectivity index (χ1) is 10.1. The summed E-state index contributed by atoms with van der Waals surface area (Å²) in [5.41, 5.74) is 0.614. The van der Waals surface area contributed by atoms with Gasteiger partial charge in [0.05, 0.1) is 5.92 Å². The maximum absolute atomic E-state index is 12.3. The van der Waals surface area contributed by atoms with Crippen molar-refractivity contribution < 1.29 is 19.5 Å². The smallest absolute Gasteiger partial charge is 0.312 e. The van der Waals surface area contributed by atoms with Crippen LogP contribution in [-0.4, -0.2) is 34.3 Å². The number of carboxylic acids is 1. The molecule has 2 aliphatic rings. The second-order valence-corrected chi connectivity index (χ2v) is 5.80. The molecule has 2 bridgehead atoms. The fraction of sp³-hybridized carbons (Fsp3) is 0.438. The Morgan fingerprint density at radius 2 is 1.71 bits per heavy atom. The monoisotopic (exact) mass is 287 g/mol. The Morgan fingerprint density at radius 3 is 2.24 bits per heavy atom. The van der Waals surface area contributed by atoms with Gasteiger partial charge in [-0.15, -0.1) is 0 Å². The van der Waals surface area contributed by atoms with Crippen LogP contribution in [-0.2, 0) is 14.4 Å². The highest BCUT2D eigenvalue weighted by Crippen LogP contribution is 2.38. The van der Waals surface area contributed by atoms with Crippen molar-refractivity contribution in [1.29, 1.82) is 0 Å². The molecule has 1 saturated heterocycles. The summed E-state index contributed by atoms with van der Waals surface area (Å²) in [5.74, 6) is -2.47. The molecule has 5 nitrogen and oxygen atoms in total. The number of amides is 2. The Labute approximate surface area is 122 Å². The summed E-state index contributed by atoms with van der Waals surface area (Å²) in [6.45, 7) is -0.0655. The zero-order valence-corrected chi connectivity index (χ0v) is 11.6. The van der Waals surface area contributed by atoms with E-state index in [9.17, 15) is 19.5 Å². The zero-order chi connectivity index (χ0) is 15.0. The van der Waals surface area contributed by atoms with Gasteiger partial charge in [-0.3, -0.25) is 19.3 Å². The summed E-state index contributed by atoms with van der Waals surface area (Å²) in [6, 6.07) is 8.75. The molecular weight excluding hydrogens is 270 g/mol. The number of imide groups is 1. The van der Waals surface area contributed by atoms with Gasteiger partial charge in [-0.05, 0) is 24.8 Å². The molecule has 1 aliphatic carbocycles. The number of likely N-dealkylation sites (tertiary alicyclic amines) is 1. The van der Waals surface area contributed by atoms with E-state index < -0.39 is 11.9 Å². The van der Waals surface area contributed by atoms with Crippen molar-refractivity contribution in [3.05, 3.63) is 35.9 Å². The summed E-state index contributed by atoms with van der Waals surface area (Å²) in [5, 5.41) is 9.43. The lowest BCUT2D eigenvalue weighted by Crippen LogP contribution is -2.48. The van der Waals surface area contributed by atoms with Crippen LogP contribution >= 0.6 is 0 Å². The fourth-order valence-electron chi connectivity index (χ4n) is 3.35. The maximum atomic E-state index is 12.3. The predicted molar refractivity (Wildman–Crippen MR) is 74.4 cm³/mol. The van der Waals surface area contributed by atoms with Crippen LogP contribution in [0.3, 0.4) is 0 Å². The summed E-state index contributed by atoms with van der Waals surface area (Å²) in [6.07, 6.45) is 2.13. The Hall–Kier alpha value is -2.17. The van der Waals surface area contributed by atoms with Gasteiger partial charge < -0.3 is 5.11 Å². The molecule has 1 aromatic carbocycles. The van der Waals surface area contributed by atoms with Crippen molar-refractivity contribution in [1.82, 2.24) is 4.90 Å². The number of carboxylic acid groups (broad SMARTS) is 1. The third-order valence-electron chi connectivity index (χ3n) is 4.53. The quantitative estimate of drug-likeness (QED) is 0.854. The van der Waals surface area contributed by atoms with Crippen LogP contribution in [0, 0.1) is 11.8 Å². The standard InChI is InChI=1S/C16H17NO4/c18-14-11-6-7-12(8-11)15(19)17(14)9-13(16(20)21)10-4-2-1-3-5-10/h1-5,11-13H,6-9H2,(H,20,21). The van der Waals surface area contributed by atoms with E-state index >= 15 is 0 Å². The van der Waals surface area contributed by atoms with Crippen LogP contribution in [0.4, 0.5) is 0 Å². The van der Waals surface area contributed by atoms with Gasteiger partial charge in [0.15, 0.2) is 0 Å². The molecule has 21 heavy (non-hydrogen) atoms. The Morgan fingerprint density at radius 1 is 1.14 bits per heavy atom. The summed E-state index contributed by atoms with van der Waals surface area (Å²) < 4.78 is 0. The lowest BCUT2D eigenvalue weighted by molar-refractivity contribution is -0.154. The molecular formula is C16H17NO4. The molecule has 0 aromatic heterocycles. The van der Waals surface area contributed by atoms with Crippen molar-refractivity contribution in [2.24, 2.45) is 11.8 Å². The minimum absolute atomic E-state index is 0.0655. The highest BCUT2D eigenvalue weighted by molar-refractivity contribution is 6.01. The van der Waals surface area contributed by atoms with Crippen molar-refractivity contribution >= 4 is 17.8 Å². The van der Waals surface area contributed by atoms with Crippen LogP contribution in [0.1, 0.15) is 30.7 Å². The number of rotatable bonds is 4. The van der Waals surface area contributed by atoms with Gasteiger partial charge in [0.25, 0.3) is 0 Å². The molecule has 1 aliphatic heterocycles. The third-order valence-corrected chi connectivity index (χ3v) is 4.53. The van der Waals surface area contributed by atoms with E-state index in [4.69, 9.17) is 0 Å². The molecule has 5 heteroatoms. The summed E-state index contributed by atoms with van der Waals surface area (Å²) in [4.78, 5) is 37.3. The van der Waals surface area contributed by atoms with E-state index in [1.807, 2.05) is 0 Å². The number of nitrogens with zero attached hydrogens (tertiary/aromatic N) is 1. The van der Waals surface area contributed by atoms with Crippen molar-refractivity contribution in [3.63, 3.8) is 0 Å². The summed E-state index contributed by atoms with van der Waals surface area (Å²) >= 11 is 0. The number of carbonyl (C=O) groups excluding carboxylic acids is 2. The lowest BCUT2D eigenvalue weighted by Gasteiger charge is -2.31. The number of piperidine rings is 1. The van der Waals surface area contributed by atoms with E-state index in [0.29, 0.717) is 12.0 Å². The number of fused-ring (bicyclic) bond motifs is 2. The molecule has 3 unspecified atom stereocenters. The highest BCUT2D eigenvalue weighted by atomic mass is 16.4. The number of hydrogen-bond acceptors (Lipinski definition) is 3. The zero-order valence-electron chi connectivity index (χ0n) is 11.6. The second kappa shape index (κ2) is 5.31. The summed E-state index contributed by atoms with van der Waals surface area (Å²) in [7, 11) is 0. The van der Waals surface area contributed by atoms with Crippen LogP contribution in [0.5, 0.6) is 0 Å². The largest absolute Gasteiger partial charge is 0.481 e. The second-order valence-electron chi connectivity index (χ2n) is 5.80. The normalized spacial score (nSPS) is 26.0. The molecule has 3 atom stereocenters. The van der Waals surface area contributed by atoms with E-state index in [-0.39, 0.29) is 30.2 Å². The first-order valence-electron chi connectivity index (χ1n) is 7.21. The van der Waals surface area contributed by atoms with Crippen LogP contribution in [0.25, 0.3) is 0 Å². The average Bonchev–Trinajstić information content (AvgIpc) is 2.93. The number of carbonyl (C=O) groups is 3. The van der Waals surface area contributed by atoms with Gasteiger partial charge in [-0.25, -0.2) is 0 Å². The van der Waals surface area contributed by atoms with Gasteiger partial charge in [0.1, 0.15) is 0 Å². The molecule has 3 rings (SSSR count). The van der Waals surface area contributed by atoms with Gasteiger partial charge in [0, 0.05) is 18.4 Å². The molecule has 1 aromatic rings. The van der Waals surface area contributed by atoms with E-state index in [1.165, 1.54) is 4.90 Å². The molecule has 2 fully saturated rings. The molecule has 0 radical (unpaired) electrons. The Bertz CT molecular complexity index is 561. The minimum atomic E-state index is -1.01. The third kappa shape index (κ3) is 2.44. The predicted octanol–water partition coefficient (Wildman–Crippen LogP) is 1.64. The van der Waals surface area contributed by atoms with Crippen molar-refractivity contribution in [2.45, 2.75) is 25.2 Å². The molecule has 0 spiro atoms. The van der Waals surface area contributed by atoms with Gasteiger partial charge in [-0.1, -0.05) is 30.3 Å². The SMILES string of the molecule is O=C(O)C(CN1C(=O)C2CCC(C2)C1=O)c1ccccc1. The lowest BCUT2D eigenvalue weighted by atomic mass is 9.93. The molecule has 1 heterocycles.